The third-order valence-electron chi connectivity index (χ3n) is 3.66. The first kappa shape index (κ1) is 17.2. The number of nitro benzene ring substituents is 1. The molecule has 0 bridgehead atoms. The van der Waals surface area contributed by atoms with Crippen molar-refractivity contribution < 1.29 is 23.9 Å². The second-order valence-corrected chi connectivity index (χ2v) is 5.30. The Morgan fingerprint density at radius 3 is 2.81 bits per heavy atom. The van der Waals surface area contributed by atoms with Gasteiger partial charge in [-0.3, -0.25) is 14.9 Å². The van der Waals surface area contributed by atoms with Crippen molar-refractivity contribution in [1.29, 1.82) is 0 Å². The molecule has 0 aromatic heterocycles. The number of ether oxygens (including phenoxy) is 3. The first-order chi connectivity index (χ1) is 12.6. The minimum Gasteiger partial charge on any atom is -0.496 e. The van der Waals surface area contributed by atoms with E-state index in [-0.39, 0.29) is 18.9 Å². The third kappa shape index (κ3) is 3.72. The van der Waals surface area contributed by atoms with E-state index in [1.165, 1.54) is 25.5 Å². The van der Waals surface area contributed by atoms with Crippen LogP contribution in [0, 0.1) is 10.1 Å². The molecule has 0 radical (unpaired) electrons. The molecule has 26 heavy (non-hydrogen) atoms. The van der Waals surface area contributed by atoms with Crippen molar-refractivity contribution in [3.05, 3.63) is 57.6 Å². The SMILES string of the molecule is COc1cc2c(cc1/C=N/NC(=O)Cc1ccccc1[N+](=O)[O-])OCO2. The Hall–Kier alpha value is -3.62. The van der Waals surface area contributed by atoms with E-state index in [1.807, 2.05) is 0 Å². The van der Waals surface area contributed by atoms with Gasteiger partial charge in [0, 0.05) is 23.3 Å². The lowest BCUT2D eigenvalue weighted by molar-refractivity contribution is -0.385. The van der Waals surface area contributed by atoms with Crippen molar-refractivity contribution in [1.82, 2.24) is 5.43 Å². The normalized spacial score (nSPS) is 12.2. The van der Waals surface area contributed by atoms with E-state index >= 15 is 0 Å². The van der Waals surface area contributed by atoms with Crippen LogP contribution in [0.5, 0.6) is 17.2 Å². The van der Waals surface area contributed by atoms with Crippen molar-refractivity contribution in [2.75, 3.05) is 13.9 Å². The molecule has 1 N–H and O–H groups in total. The van der Waals surface area contributed by atoms with Crippen LogP contribution in [0.2, 0.25) is 0 Å². The number of fused-ring (bicyclic) bond motifs is 1. The lowest BCUT2D eigenvalue weighted by Crippen LogP contribution is -2.20. The Bertz CT molecular complexity index is 881. The molecular weight excluding hydrogens is 342 g/mol. The van der Waals surface area contributed by atoms with Crippen LogP contribution in [0.25, 0.3) is 0 Å². The second kappa shape index (κ2) is 7.51. The van der Waals surface area contributed by atoms with Gasteiger partial charge in [0.15, 0.2) is 11.5 Å². The zero-order valence-corrected chi connectivity index (χ0v) is 13.8. The molecule has 9 heteroatoms. The highest BCUT2D eigenvalue weighted by Gasteiger charge is 2.17. The van der Waals surface area contributed by atoms with E-state index in [1.54, 1.807) is 24.3 Å². The minimum absolute atomic E-state index is 0.107. The Kier molecular flexibility index (Phi) is 4.97. The lowest BCUT2D eigenvalue weighted by Gasteiger charge is -2.06. The van der Waals surface area contributed by atoms with Crippen molar-refractivity contribution in [3.8, 4) is 17.2 Å². The number of hydrogen-bond acceptors (Lipinski definition) is 7. The fourth-order valence-electron chi connectivity index (χ4n) is 2.44. The maximum atomic E-state index is 12.0. The molecule has 0 aliphatic carbocycles. The highest BCUT2D eigenvalue weighted by atomic mass is 16.7. The van der Waals surface area contributed by atoms with Gasteiger partial charge in [0.05, 0.1) is 24.7 Å². The molecule has 9 nitrogen and oxygen atoms in total. The quantitative estimate of drug-likeness (QED) is 0.481. The summed E-state index contributed by atoms with van der Waals surface area (Å²) >= 11 is 0. The standard InChI is InChI=1S/C17H15N3O6/c1-24-14-8-16-15(25-10-26-16)6-12(14)9-18-19-17(21)7-11-4-2-3-5-13(11)20(22)23/h2-6,8-9H,7,10H2,1H3,(H,19,21)/b18-9+. The summed E-state index contributed by atoms with van der Waals surface area (Å²) in [5.41, 5.74) is 3.13. The molecule has 1 aliphatic heterocycles. The Balaban J connectivity index is 1.68. The van der Waals surface area contributed by atoms with Crippen LogP contribution in [0.1, 0.15) is 11.1 Å². The predicted octanol–water partition coefficient (Wildman–Crippen LogP) is 2.02. The summed E-state index contributed by atoms with van der Waals surface area (Å²) in [6.45, 7) is 0.131. The average Bonchev–Trinajstić information content (AvgIpc) is 3.08. The van der Waals surface area contributed by atoms with Gasteiger partial charge >= 0.3 is 0 Å². The number of methoxy groups -OCH3 is 1. The molecule has 0 saturated heterocycles. The summed E-state index contributed by atoms with van der Waals surface area (Å²) in [6, 6.07) is 9.41. The number of rotatable bonds is 6. The summed E-state index contributed by atoms with van der Waals surface area (Å²) in [4.78, 5) is 22.4. The molecule has 1 amide bonds. The van der Waals surface area contributed by atoms with Crippen molar-refractivity contribution in [2.24, 2.45) is 5.10 Å². The van der Waals surface area contributed by atoms with E-state index in [9.17, 15) is 14.9 Å². The fourth-order valence-corrected chi connectivity index (χ4v) is 2.44. The van der Waals surface area contributed by atoms with Crippen molar-refractivity contribution in [2.45, 2.75) is 6.42 Å². The van der Waals surface area contributed by atoms with Gasteiger partial charge in [-0.05, 0) is 6.07 Å². The molecule has 0 unspecified atom stereocenters. The highest BCUT2D eigenvalue weighted by molar-refractivity contribution is 5.87. The Labute approximate surface area is 148 Å². The molecular formula is C17H15N3O6. The minimum atomic E-state index is -0.524. The number of nitrogens with zero attached hydrogens (tertiary/aromatic N) is 2. The summed E-state index contributed by atoms with van der Waals surface area (Å²) in [5, 5.41) is 14.8. The number of nitrogens with one attached hydrogen (secondary N) is 1. The zero-order valence-electron chi connectivity index (χ0n) is 13.8. The van der Waals surface area contributed by atoms with Crippen LogP contribution in [-0.4, -0.2) is 30.9 Å². The number of hydrogen-bond donors (Lipinski definition) is 1. The molecule has 134 valence electrons. The molecule has 0 atom stereocenters. The van der Waals surface area contributed by atoms with Crippen LogP contribution < -0.4 is 19.6 Å². The van der Waals surface area contributed by atoms with E-state index in [0.29, 0.717) is 28.4 Å². The Morgan fingerprint density at radius 2 is 2.08 bits per heavy atom. The zero-order chi connectivity index (χ0) is 18.5. The Morgan fingerprint density at radius 1 is 1.35 bits per heavy atom. The lowest BCUT2D eigenvalue weighted by atomic mass is 10.1. The largest absolute Gasteiger partial charge is 0.496 e. The summed E-state index contributed by atoms with van der Waals surface area (Å²) in [6.07, 6.45) is 1.24. The summed E-state index contributed by atoms with van der Waals surface area (Å²) < 4.78 is 15.8. The van der Waals surface area contributed by atoms with E-state index in [4.69, 9.17) is 14.2 Å². The van der Waals surface area contributed by atoms with Crippen molar-refractivity contribution >= 4 is 17.8 Å². The smallest absolute Gasteiger partial charge is 0.273 e. The number of carbonyl (C=O) groups is 1. The average molecular weight is 357 g/mol. The molecule has 1 heterocycles. The van der Waals surface area contributed by atoms with Gasteiger partial charge in [-0.15, -0.1) is 0 Å². The number of amides is 1. The topological polar surface area (TPSA) is 112 Å². The molecule has 0 saturated carbocycles. The number of para-hydroxylation sites is 1. The first-order valence-electron chi connectivity index (χ1n) is 7.60. The predicted molar refractivity (Wildman–Crippen MR) is 91.7 cm³/mol. The number of hydrazone groups is 1. The molecule has 0 fully saturated rings. The van der Waals surface area contributed by atoms with Gasteiger partial charge in [-0.25, -0.2) is 5.43 Å². The molecule has 0 spiro atoms. The number of benzene rings is 2. The molecule has 2 aromatic rings. The van der Waals surface area contributed by atoms with Gasteiger partial charge < -0.3 is 14.2 Å². The fraction of sp³-hybridized carbons (Fsp3) is 0.176. The van der Waals surface area contributed by atoms with E-state index < -0.39 is 10.8 Å². The highest BCUT2D eigenvalue weighted by Crippen LogP contribution is 2.37. The van der Waals surface area contributed by atoms with Crippen molar-refractivity contribution in [3.63, 3.8) is 0 Å². The summed E-state index contributed by atoms with van der Waals surface area (Å²) in [7, 11) is 1.50. The van der Waals surface area contributed by atoms with E-state index in [2.05, 4.69) is 10.5 Å². The molecule has 2 aromatic carbocycles. The van der Waals surface area contributed by atoms with Crippen LogP contribution in [-0.2, 0) is 11.2 Å². The molecule has 1 aliphatic rings. The number of carbonyl (C=O) groups excluding carboxylic acids is 1. The van der Waals surface area contributed by atoms with Crippen LogP contribution in [0.15, 0.2) is 41.5 Å². The maximum Gasteiger partial charge on any atom is 0.273 e. The van der Waals surface area contributed by atoms with Gasteiger partial charge in [0.1, 0.15) is 5.75 Å². The maximum absolute atomic E-state index is 12.0. The van der Waals surface area contributed by atoms with Crippen LogP contribution in [0.3, 0.4) is 0 Å². The summed E-state index contributed by atoms with van der Waals surface area (Å²) in [5.74, 6) is 1.15. The van der Waals surface area contributed by atoms with Crippen LogP contribution in [0.4, 0.5) is 5.69 Å². The first-order valence-corrected chi connectivity index (χ1v) is 7.60. The van der Waals surface area contributed by atoms with Gasteiger partial charge in [-0.1, -0.05) is 18.2 Å². The second-order valence-electron chi connectivity index (χ2n) is 5.30. The molecule has 3 rings (SSSR count). The number of nitro groups is 1. The van der Waals surface area contributed by atoms with Crippen LogP contribution >= 0.6 is 0 Å². The van der Waals surface area contributed by atoms with Gasteiger partial charge in [0.25, 0.3) is 5.69 Å². The monoisotopic (exact) mass is 357 g/mol. The van der Waals surface area contributed by atoms with Gasteiger partial charge in [-0.2, -0.15) is 5.10 Å². The van der Waals surface area contributed by atoms with Gasteiger partial charge in [0.2, 0.25) is 12.7 Å². The van der Waals surface area contributed by atoms with E-state index in [0.717, 1.165) is 0 Å². The third-order valence-corrected chi connectivity index (χ3v) is 3.66.